The molecule has 0 fully saturated rings. The Labute approximate surface area is 113 Å². The van der Waals surface area contributed by atoms with Crippen LogP contribution in [0.3, 0.4) is 0 Å². The summed E-state index contributed by atoms with van der Waals surface area (Å²) in [7, 11) is 1.17. The van der Waals surface area contributed by atoms with Crippen molar-refractivity contribution in [2.75, 3.05) is 7.11 Å². The van der Waals surface area contributed by atoms with Gasteiger partial charge in [0.2, 0.25) is 0 Å². The summed E-state index contributed by atoms with van der Waals surface area (Å²) in [5, 5.41) is 8.92. The normalized spacial score (nSPS) is 10.1. The summed E-state index contributed by atoms with van der Waals surface area (Å²) in [6, 6.07) is 4.40. The fourth-order valence-corrected chi connectivity index (χ4v) is 1.85. The van der Waals surface area contributed by atoms with Crippen LogP contribution in [0.15, 0.2) is 12.1 Å². The molecule has 4 nitrogen and oxygen atoms in total. The minimum Gasteiger partial charge on any atom is -0.469 e. The zero-order valence-corrected chi connectivity index (χ0v) is 10.7. The molecule has 7 heteroatoms. The van der Waals surface area contributed by atoms with E-state index < -0.39 is 12.6 Å². The van der Waals surface area contributed by atoms with Gasteiger partial charge in [-0.2, -0.15) is 14.0 Å². The number of nitriles is 1. The molecule has 0 aliphatic heterocycles. The molecule has 0 unspecified atom stereocenters. The minimum atomic E-state index is -3.03. The Morgan fingerprint density at radius 3 is 2.63 bits per heavy atom. The molecule has 0 aliphatic carbocycles. The van der Waals surface area contributed by atoms with Gasteiger partial charge in [-0.15, -0.1) is 11.6 Å². The van der Waals surface area contributed by atoms with Crippen molar-refractivity contribution in [2.24, 2.45) is 0 Å². The number of rotatable bonds is 5. The molecule has 0 spiro atoms. The SMILES string of the molecule is COC(=O)Cc1c(OC(F)F)ccc(C#N)c1CCl. The van der Waals surface area contributed by atoms with Gasteiger partial charge in [0.25, 0.3) is 0 Å². The quantitative estimate of drug-likeness (QED) is 0.617. The number of alkyl halides is 3. The Morgan fingerprint density at radius 1 is 1.47 bits per heavy atom. The van der Waals surface area contributed by atoms with Crippen LogP contribution in [0.5, 0.6) is 5.75 Å². The lowest BCUT2D eigenvalue weighted by Gasteiger charge is -2.14. The zero-order chi connectivity index (χ0) is 14.4. The Morgan fingerprint density at radius 2 is 2.16 bits per heavy atom. The van der Waals surface area contributed by atoms with Gasteiger partial charge in [0.1, 0.15) is 5.75 Å². The van der Waals surface area contributed by atoms with E-state index in [1.807, 2.05) is 6.07 Å². The van der Waals surface area contributed by atoms with Gasteiger partial charge in [0.15, 0.2) is 0 Å². The predicted octanol–water partition coefficient (Wildman–Crippen LogP) is 2.61. The number of carbonyl (C=O) groups excluding carboxylic acids is 1. The van der Waals surface area contributed by atoms with Crippen molar-refractivity contribution in [3.63, 3.8) is 0 Å². The fraction of sp³-hybridized carbons (Fsp3) is 0.333. The van der Waals surface area contributed by atoms with E-state index in [2.05, 4.69) is 9.47 Å². The highest BCUT2D eigenvalue weighted by atomic mass is 35.5. The summed E-state index contributed by atoms with van der Waals surface area (Å²) < 4.78 is 33.4. The second-order valence-corrected chi connectivity index (χ2v) is 3.71. The summed E-state index contributed by atoms with van der Waals surface area (Å²) in [4.78, 5) is 11.3. The Hall–Kier alpha value is -1.87. The standard InChI is InChI=1S/C12H10ClF2NO3/c1-18-11(17)4-8-9(5-13)7(6-16)2-3-10(8)19-12(14)15/h2-3,12H,4-5H2,1H3. The molecule has 0 N–H and O–H groups in total. The fourth-order valence-electron chi connectivity index (χ4n) is 1.55. The second kappa shape index (κ2) is 6.90. The van der Waals surface area contributed by atoms with Crippen LogP contribution in [0.25, 0.3) is 0 Å². The zero-order valence-electron chi connectivity index (χ0n) is 9.95. The summed E-state index contributed by atoms with van der Waals surface area (Å²) in [6.45, 7) is -3.03. The van der Waals surface area contributed by atoms with E-state index in [4.69, 9.17) is 16.9 Å². The van der Waals surface area contributed by atoms with Crippen LogP contribution >= 0.6 is 11.6 Å². The average molecular weight is 290 g/mol. The first-order chi connectivity index (χ1) is 9.03. The number of nitrogens with zero attached hydrogens (tertiary/aromatic N) is 1. The van der Waals surface area contributed by atoms with Gasteiger partial charge in [-0.25, -0.2) is 0 Å². The molecule has 1 aromatic rings. The molecule has 0 aromatic heterocycles. The molecule has 1 aromatic carbocycles. The van der Waals surface area contributed by atoms with Crippen LogP contribution in [-0.2, 0) is 21.8 Å². The van der Waals surface area contributed by atoms with E-state index in [1.54, 1.807) is 0 Å². The number of hydrogen-bond acceptors (Lipinski definition) is 4. The third-order valence-electron chi connectivity index (χ3n) is 2.41. The number of hydrogen-bond donors (Lipinski definition) is 0. The van der Waals surface area contributed by atoms with E-state index in [-0.39, 0.29) is 34.7 Å². The van der Waals surface area contributed by atoms with Crippen molar-refractivity contribution in [1.82, 2.24) is 0 Å². The molecule has 0 amide bonds. The van der Waals surface area contributed by atoms with Crippen LogP contribution in [-0.4, -0.2) is 19.7 Å². The van der Waals surface area contributed by atoms with Crippen molar-refractivity contribution in [3.05, 3.63) is 28.8 Å². The average Bonchev–Trinajstić information content (AvgIpc) is 2.39. The van der Waals surface area contributed by atoms with Gasteiger partial charge < -0.3 is 9.47 Å². The molecule has 102 valence electrons. The van der Waals surface area contributed by atoms with Gasteiger partial charge in [-0.1, -0.05) is 0 Å². The molecule has 19 heavy (non-hydrogen) atoms. The Balaban J connectivity index is 3.31. The molecule has 0 saturated heterocycles. The van der Waals surface area contributed by atoms with E-state index in [0.717, 1.165) is 0 Å². The minimum absolute atomic E-state index is 0.102. The van der Waals surface area contributed by atoms with Gasteiger partial charge in [-0.3, -0.25) is 4.79 Å². The molecule has 0 bridgehead atoms. The summed E-state index contributed by atoms with van der Waals surface area (Å²) in [6.07, 6.45) is -0.296. The Kier molecular flexibility index (Phi) is 5.52. The van der Waals surface area contributed by atoms with E-state index in [1.165, 1.54) is 19.2 Å². The van der Waals surface area contributed by atoms with E-state index in [9.17, 15) is 13.6 Å². The van der Waals surface area contributed by atoms with Gasteiger partial charge in [0, 0.05) is 11.4 Å². The molecule has 0 atom stereocenters. The van der Waals surface area contributed by atoms with Crippen LogP contribution in [0.2, 0.25) is 0 Å². The lowest BCUT2D eigenvalue weighted by atomic mass is 9.99. The predicted molar refractivity (Wildman–Crippen MR) is 63.1 cm³/mol. The van der Waals surface area contributed by atoms with Crippen molar-refractivity contribution in [3.8, 4) is 11.8 Å². The maximum Gasteiger partial charge on any atom is 0.387 e. The number of esters is 1. The van der Waals surface area contributed by atoms with Gasteiger partial charge >= 0.3 is 12.6 Å². The monoisotopic (exact) mass is 289 g/mol. The maximum absolute atomic E-state index is 12.3. The summed E-state index contributed by atoms with van der Waals surface area (Å²) in [5.41, 5.74) is 0.629. The lowest BCUT2D eigenvalue weighted by Crippen LogP contribution is -2.12. The number of methoxy groups -OCH3 is 1. The van der Waals surface area contributed by atoms with E-state index >= 15 is 0 Å². The second-order valence-electron chi connectivity index (χ2n) is 3.45. The highest BCUT2D eigenvalue weighted by Gasteiger charge is 2.19. The van der Waals surface area contributed by atoms with Crippen molar-refractivity contribution in [1.29, 1.82) is 5.26 Å². The molecule has 1 rings (SSSR count). The highest BCUT2D eigenvalue weighted by Crippen LogP contribution is 2.29. The first-order valence-electron chi connectivity index (χ1n) is 5.15. The highest BCUT2D eigenvalue weighted by molar-refractivity contribution is 6.17. The van der Waals surface area contributed by atoms with Gasteiger partial charge in [0.05, 0.1) is 25.2 Å². The number of ether oxygens (including phenoxy) is 2. The van der Waals surface area contributed by atoms with Crippen molar-refractivity contribution in [2.45, 2.75) is 18.9 Å². The summed E-state index contributed by atoms with van der Waals surface area (Å²) in [5.74, 6) is -0.925. The van der Waals surface area contributed by atoms with Crippen LogP contribution < -0.4 is 4.74 Å². The van der Waals surface area contributed by atoms with E-state index in [0.29, 0.717) is 0 Å². The number of benzene rings is 1. The van der Waals surface area contributed by atoms with Crippen molar-refractivity contribution >= 4 is 17.6 Å². The maximum atomic E-state index is 12.3. The first-order valence-corrected chi connectivity index (χ1v) is 5.69. The first kappa shape index (κ1) is 15.2. The molecular weight excluding hydrogens is 280 g/mol. The van der Waals surface area contributed by atoms with Crippen molar-refractivity contribution < 1.29 is 23.0 Å². The smallest absolute Gasteiger partial charge is 0.387 e. The van der Waals surface area contributed by atoms with Gasteiger partial charge in [-0.05, 0) is 17.7 Å². The lowest BCUT2D eigenvalue weighted by molar-refractivity contribution is -0.139. The third kappa shape index (κ3) is 3.80. The largest absolute Gasteiger partial charge is 0.469 e. The molecule has 0 saturated carbocycles. The van der Waals surface area contributed by atoms with Crippen LogP contribution in [0.1, 0.15) is 16.7 Å². The topological polar surface area (TPSA) is 59.3 Å². The number of carbonyl (C=O) groups is 1. The molecule has 0 heterocycles. The van der Waals surface area contributed by atoms with Crippen LogP contribution in [0, 0.1) is 11.3 Å². The third-order valence-corrected chi connectivity index (χ3v) is 2.67. The van der Waals surface area contributed by atoms with Crippen LogP contribution in [0.4, 0.5) is 8.78 Å². The summed E-state index contributed by atoms with van der Waals surface area (Å²) >= 11 is 5.70. The molecular formula is C12H10ClF2NO3. The Bertz CT molecular complexity index is 514. The molecule has 0 aliphatic rings. The number of halogens is 3. The molecule has 0 radical (unpaired) electrons.